The van der Waals surface area contributed by atoms with E-state index in [9.17, 15) is 13.9 Å². The summed E-state index contributed by atoms with van der Waals surface area (Å²) in [6.07, 6.45) is 0. The highest BCUT2D eigenvalue weighted by atomic mass is 19.2. The second-order valence-corrected chi connectivity index (χ2v) is 6.10. The van der Waals surface area contributed by atoms with E-state index in [1.807, 2.05) is 0 Å². The SMILES string of the molecule is Cc1noc(C)c1-c1c(N)c2cc(F)c(F)cc2n1-c1ccc(O)cc1. The molecular formula is C19H15F2N3O2. The van der Waals surface area contributed by atoms with Gasteiger partial charge in [-0.25, -0.2) is 8.78 Å². The molecule has 2 aromatic heterocycles. The Morgan fingerprint density at radius 2 is 1.73 bits per heavy atom. The van der Waals surface area contributed by atoms with Crippen LogP contribution in [0.15, 0.2) is 40.9 Å². The molecule has 0 radical (unpaired) electrons. The number of phenolic OH excluding ortho intramolecular Hbond substituents is 1. The maximum absolute atomic E-state index is 14.0. The predicted molar refractivity (Wildman–Crippen MR) is 94.2 cm³/mol. The molecule has 0 saturated carbocycles. The van der Waals surface area contributed by atoms with Crippen molar-refractivity contribution in [2.75, 3.05) is 5.73 Å². The van der Waals surface area contributed by atoms with Crippen LogP contribution in [0.5, 0.6) is 5.75 Å². The summed E-state index contributed by atoms with van der Waals surface area (Å²) in [4.78, 5) is 0. The summed E-state index contributed by atoms with van der Waals surface area (Å²) in [5.41, 5.74) is 9.46. The Labute approximate surface area is 147 Å². The van der Waals surface area contributed by atoms with Gasteiger partial charge < -0.3 is 19.9 Å². The standard InChI is InChI=1S/C19H15F2N3O2/c1-9-17(10(2)26-23-9)19-18(22)13-7-14(20)15(21)8-16(13)24(19)11-3-5-12(25)6-4-11/h3-8,25H,22H2,1-2H3. The first-order chi connectivity index (χ1) is 12.4. The lowest BCUT2D eigenvalue weighted by atomic mass is 10.1. The molecule has 132 valence electrons. The summed E-state index contributed by atoms with van der Waals surface area (Å²) >= 11 is 0. The number of phenols is 1. The van der Waals surface area contributed by atoms with Crippen molar-refractivity contribution < 1.29 is 18.4 Å². The van der Waals surface area contributed by atoms with Gasteiger partial charge in [0.05, 0.1) is 28.2 Å². The molecule has 5 nitrogen and oxygen atoms in total. The van der Waals surface area contributed by atoms with Crippen molar-refractivity contribution >= 4 is 16.6 Å². The summed E-state index contributed by atoms with van der Waals surface area (Å²) < 4.78 is 34.7. The second-order valence-electron chi connectivity index (χ2n) is 6.10. The molecule has 26 heavy (non-hydrogen) atoms. The van der Waals surface area contributed by atoms with Gasteiger partial charge in [-0.2, -0.15) is 0 Å². The van der Waals surface area contributed by atoms with Crippen molar-refractivity contribution in [2.24, 2.45) is 0 Å². The third-order valence-electron chi connectivity index (χ3n) is 4.43. The number of nitrogens with two attached hydrogens (primary N) is 1. The molecule has 0 aliphatic carbocycles. The van der Waals surface area contributed by atoms with E-state index in [2.05, 4.69) is 5.16 Å². The van der Waals surface area contributed by atoms with Crippen LogP contribution in [-0.4, -0.2) is 14.8 Å². The Balaban J connectivity index is 2.18. The van der Waals surface area contributed by atoms with Gasteiger partial charge in [-0.05, 0) is 44.2 Å². The van der Waals surface area contributed by atoms with Crippen LogP contribution in [0, 0.1) is 25.5 Å². The maximum Gasteiger partial charge on any atom is 0.160 e. The molecule has 0 aliphatic rings. The number of benzene rings is 2. The minimum absolute atomic E-state index is 0.0919. The van der Waals surface area contributed by atoms with Crippen LogP contribution in [0.3, 0.4) is 0 Å². The van der Waals surface area contributed by atoms with Gasteiger partial charge in [0.15, 0.2) is 11.6 Å². The van der Waals surface area contributed by atoms with Gasteiger partial charge in [-0.15, -0.1) is 0 Å². The number of aromatic nitrogens is 2. The number of nitrogen functional groups attached to an aromatic ring is 1. The van der Waals surface area contributed by atoms with Gasteiger partial charge in [-0.3, -0.25) is 0 Å². The van der Waals surface area contributed by atoms with Crippen molar-refractivity contribution in [1.29, 1.82) is 0 Å². The zero-order chi connectivity index (χ0) is 18.6. The van der Waals surface area contributed by atoms with Gasteiger partial charge in [0.25, 0.3) is 0 Å². The molecule has 0 bridgehead atoms. The average Bonchev–Trinajstić information content (AvgIpc) is 3.06. The molecule has 0 unspecified atom stereocenters. The van der Waals surface area contributed by atoms with Gasteiger partial charge >= 0.3 is 0 Å². The first-order valence-electron chi connectivity index (χ1n) is 7.90. The fourth-order valence-electron chi connectivity index (χ4n) is 3.24. The summed E-state index contributed by atoms with van der Waals surface area (Å²) in [5.74, 6) is -1.31. The highest BCUT2D eigenvalue weighted by Gasteiger charge is 2.24. The number of nitrogens with zero attached hydrogens (tertiary/aromatic N) is 2. The van der Waals surface area contributed by atoms with E-state index in [0.29, 0.717) is 45.0 Å². The van der Waals surface area contributed by atoms with Crippen LogP contribution in [0.2, 0.25) is 0 Å². The molecule has 2 aromatic carbocycles. The van der Waals surface area contributed by atoms with Crippen molar-refractivity contribution in [2.45, 2.75) is 13.8 Å². The second kappa shape index (κ2) is 5.59. The molecule has 0 aliphatic heterocycles. The van der Waals surface area contributed by atoms with E-state index in [4.69, 9.17) is 10.3 Å². The molecule has 4 rings (SSSR count). The largest absolute Gasteiger partial charge is 0.508 e. The van der Waals surface area contributed by atoms with E-state index < -0.39 is 11.6 Å². The normalized spacial score (nSPS) is 11.4. The van der Waals surface area contributed by atoms with Crippen LogP contribution in [0.4, 0.5) is 14.5 Å². The van der Waals surface area contributed by atoms with E-state index in [-0.39, 0.29) is 5.75 Å². The highest BCUT2D eigenvalue weighted by Crippen LogP contribution is 2.41. The van der Waals surface area contributed by atoms with Gasteiger partial charge in [0.2, 0.25) is 0 Å². The van der Waals surface area contributed by atoms with Crippen molar-refractivity contribution in [3.8, 4) is 22.7 Å². The number of halogens is 2. The van der Waals surface area contributed by atoms with E-state index in [1.165, 1.54) is 12.1 Å². The fourth-order valence-corrected chi connectivity index (χ4v) is 3.24. The first-order valence-corrected chi connectivity index (χ1v) is 7.90. The third kappa shape index (κ3) is 2.24. The Morgan fingerprint density at radius 3 is 2.35 bits per heavy atom. The van der Waals surface area contributed by atoms with E-state index >= 15 is 0 Å². The molecule has 0 atom stereocenters. The monoisotopic (exact) mass is 355 g/mol. The Bertz CT molecular complexity index is 1120. The lowest BCUT2D eigenvalue weighted by Gasteiger charge is -2.11. The fraction of sp³-hybridized carbons (Fsp3) is 0.105. The molecular weight excluding hydrogens is 340 g/mol. The van der Waals surface area contributed by atoms with Gasteiger partial charge in [0, 0.05) is 17.1 Å². The molecule has 0 fully saturated rings. The summed E-state index contributed by atoms with van der Waals surface area (Å²) in [6, 6.07) is 8.53. The minimum Gasteiger partial charge on any atom is -0.508 e. The quantitative estimate of drug-likeness (QED) is 0.556. The number of rotatable bonds is 2. The van der Waals surface area contributed by atoms with Crippen molar-refractivity contribution in [1.82, 2.24) is 9.72 Å². The van der Waals surface area contributed by atoms with Gasteiger partial charge in [-0.1, -0.05) is 5.16 Å². The van der Waals surface area contributed by atoms with E-state index in [1.54, 1.807) is 30.5 Å². The van der Waals surface area contributed by atoms with E-state index in [0.717, 1.165) is 12.1 Å². The average molecular weight is 355 g/mol. The Hall–Kier alpha value is -3.35. The Morgan fingerprint density at radius 1 is 1.08 bits per heavy atom. The number of hydrogen-bond donors (Lipinski definition) is 2. The number of aryl methyl sites for hydroxylation is 2. The molecule has 0 spiro atoms. The van der Waals surface area contributed by atoms with Crippen molar-refractivity contribution in [3.05, 3.63) is 59.5 Å². The summed E-state index contributed by atoms with van der Waals surface area (Å²) in [7, 11) is 0. The van der Waals surface area contributed by atoms with Gasteiger partial charge in [0.1, 0.15) is 11.5 Å². The Kier molecular flexibility index (Phi) is 3.47. The smallest absolute Gasteiger partial charge is 0.160 e. The summed E-state index contributed by atoms with van der Waals surface area (Å²) in [6.45, 7) is 3.51. The zero-order valence-corrected chi connectivity index (χ0v) is 14.0. The highest BCUT2D eigenvalue weighted by molar-refractivity contribution is 6.02. The predicted octanol–water partition coefficient (Wildman–Crippen LogP) is 4.47. The molecule has 4 aromatic rings. The number of anilines is 1. The molecule has 3 N–H and O–H groups in total. The maximum atomic E-state index is 14.0. The van der Waals surface area contributed by atoms with Crippen LogP contribution in [-0.2, 0) is 0 Å². The third-order valence-corrected chi connectivity index (χ3v) is 4.43. The number of aromatic hydroxyl groups is 1. The molecule has 0 amide bonds. The summed E-state index contributed by atoms with van der Waals surface area (Å²) in [5, 5.41) is 13.9. The minimum atomic E-state index is -0.975. The molecule has 0 saturated heterocycles. The van der Waals surface area contributed by atoms with Crippen LogP contribution in [0.25, 0.3) is 27.8 Å². The van der Waals surface area contributed by atoms with Crippen LogP contribution >= 0.6 is 0 Å². The topological polar surface area (TPSA) is 77.2 Å². The molecule has 7 heteroatoms. The lowest BCUT2D eigenvalue weighted by molar-refractivity contribution is 0.393. The van der Waals surface area contributed by atoms with Crippen LogP contribution in [0.1, 0.15) is 11.5 Å². The first kappa shape index (κ1) is 16.1. The number of hydrogen-bond acceptors (Lipinski definition) is 4. The zero-order valence-electron chi connectivity index (χ0n) is 14.0. The molecule has 2 heterocycles. The lowest BCUT2D eigenvalue weighted by Crippen LogP contribution is -2.00. The number of fused-ring (bicyclic) bond motifs is 1. The van der Waals surface area contributed by atoms with Crippen molar-refractivity contribution in [3.63, 3.8) is 0 Å². The van der Waals surface area contributed by atoms with Crippen LogP contribution < -0.4 is 5.73 Å².